The van der Waals surface area contributed by atoms with Gasteiger partial charge in [-0.05, 0) is 18.1 Å². The van der Waals surface area contributed by atoms with E-state index in [1.165, 1.54) is 20.7 Å². The Morgan fingerprint density at radius 3 is 2.57 bits per heavy atom. The Bertz CT molecular complexity index is 568. The van der Waals surface area contributed by atoms with Crippen LogP contribution in [0.1, 0.15) is 13.8 Å². The highest BCUT2D eigenvalue weighted by Crippen LogP contribution is 2.25. The summed E-state index contributed by atoms with van der Waals surface area (Å²) in [5, 5.41) is 9.62. The zero-order chi connectivity index (χ0) is 15.5. The second-order valence-corrected chi connectivity index (χ2v) is 7.32. The highest BCUT2D eigenvalue weighted by atomic mass is 32.2. The highest BCUT2D eigenvalue weighted by molar-refractivity contribution is 7.90. The summed E-state index contributed by atoms with van der Waals surface area (Å²) in [7, 11) is -3.61. The molecule has 1 N–H and O–H groups in total. The van der Waals surface area contributed by atoms with Crippen LogP contribution in [-0.2, 0) is 14.9 Å². The van der Waals surface area contributed by atoms with Gasteiger partial charge in [-0.2, -0.15) is 12.7 Å². The number of hydrogen-bond acceptors (Lipinski definition) is 4. The summed E-state index contributed by atoms with van der Waals surface area (Å²) in [5.74, 6) is 0.224. The molecule has 1 aromatic rings. The van der Waals surface area contributed by atoms with Gasteiger partial charge in [0.25, 0.3) is 0 Å². The number of hydrogen-bond donors (Lipinski definition) is 1. The first kappa shape index (κ1) is 16.1. The molecule has 1 aromatic carbocycles. The van der Waals surface area contributed by atoms with Crippen molar-refractivity contribution in [1.29, 1.82) is 0 Å². The first-order chi connectivity index (χ1) is 9.91. The van der Waals surface area contributed by atoms with Crippen molar-refractivity contribution in [3.05, 3.63) is 24.3 Å². The van der Waals surface area contributed by atoms with Crippen LogP contribution in [0.3, 0.4) is 0 Å². The van der Waals surface area contributed by atoms with Gasteiger partial charge in [0.05, 0.1) is 18.9 Å². The van der Waals surface area contributed by atoms with E-state index in [-0.39, 0.29) is 11.7 Å². The fraction of sp³-hybridized carbons (Fsp3) is 0.571. The van der Waals surface area contributed by atoms with E-state index >= 15 is 0 Å². The monoisotopic (exact) mass is 314 g/mol. The molecule has 2 rings (SSSR count). The molecule has 0 aromatic heterocycles. The van der Waals surface area contributed by atoms with Crippen LogP contribution in [0.2, 0.25) is 0 Å². The van der Waals surface area contributed by atoms with Crippen molar-refractivity contribution >= 4 is 15.9 Å². The summed E-state index contributed by atoms with van der Waals surface area (Å²) in [5.41, 5.74) is 0.482. The van der Waals surface area contributed by atoms with Crippen LogP contribution in [0.25, 0.3) is 0 Å². The summed E-state index contributed by atoms with van der Waals surface area (Å²) in [4.78, 5) is 0. The Balaban J connectivity index is 2.34. The topological polar surface area (TPSA) is 70.1 Å². The van der Waals surface area contributed by atoms with Crippen molar-refractivity contribution < 1.29 is 18.3 Å². The van der Waals surface area contributed by atoms with E-state index in [0.717, 1.165) is 0 Å². The molecule has 0 unspecified atom stereocenters. The van der Waals surface area contributed by atoms with E-state index in [0.29, 0.717) is 38.5 Å². The van der Waals surface area contributed by atoms with Crippen LogP contribution in [0, 0.1) is 5.92 Å². The van der Waals surface area contributed by atoms with Crippen LogP contribution in [0.15, 0.2) is 24.3 Å². The van der Waals surface area contributed by atoms with Crippen LogP contribution >= 0.6 is 0 Å². The predicted octanol–water partition coefficient (Wildman–Crippen LogP) is 1.43. The summed E-state index contributed by atoms with van der Waals surface area (Å²) in [6.45, 7) is 5.83. The number of nitrogens with zero attached hydrogens (tertiary/aromatic N) is 2. The lowest BCUT2D eigenvalue weighted by Gasteiger charge is -2.34. The lowest BCUT2D eigenvalue weighted by Crippen LogP contribution is -2.49. The maximum absolute atomic E-state index is 12.8. The number of morpholine rings is 1. The first-order valence-corrected chi connectivity index (χ1v) is 8.45. The van der Waals surface area contributed by atoms with Crippen LogP contribution in [-0.4, -0.2) is 50.7 Å². The lowest BCUT2D eigenvalue weighted by atomic mass is 10.2. The van der Waals surface area contributed by atoms with Gasteiger partial charge in [0.15, 0.2) is 0 Å². The minimum atomic E-state index is -3.61. The number of benzene rings is 1. The first-order valence-electron chi connectivity index (χ1n) is 7.06. The molecule has 0 amide bonds. The standard InChI is InChI=1S/C14H22N2O4S/c1-12(2)11-16(13-4-3-5-14(17)10-13)21(18,19)15-6-8-20-9-7-15/h3-5,10,12,17H,6-9,11H2,1-2H3. The molecule has 1 fully saturated rings. The molecule has 1 heterocycles. The average molecular weight is 314 g/mol. The Morgan fingerprint density at radius 1 is 1.33 bits per heavy atom. The Kier molecular flexibility index (Phi) is 5.08. The minimum absolute atomic E-state index is 0.0541. The molecular formula is C14H22N2O4S. The molecule has 118 valence electrons. The highest BCUT2D eigenvalue weighted by Gasteiger charge is 2.31. The maximum Gasteiger partial charge on any atom is 0.304 e. The van der Waals surface area contributed by atoms with Gasteiger partial charge in [0, 0.05) is 25.7 Å². The van der Waals surface area contributed by atoms with Gasteiger partial charge in [-0.25, -0.2) is 0 Å². The molecule has 0 bridgehead atoms. The van der Waals surface area contributed by atoms with E-state index in [1.807, 2.05) is 13.8 Å². The van der Waals surface area contributed by atoms with Crippen molar-refractivity contribution in [1.82, 2.24) is 4.31 Å². The number of phenolic OH excluding ortho intramolecular Hbond substituents is 1. The second-order valence-electron chi connectivity index (χ2n) is 5.46. The van der Waals surface area contributed by atoms with Crippen molar-refractivity contribution in [3.63, 3.8) is 0 Å². The molecule has 0 saturated carbocycles. The second kappa shape index (κ2) is 6.64. The van der Waals surface area contributed by atoms with Gasteiger partial charge in [-0.1, -0.05) is 19.9 Å². The van der Waals surface area contributed by atoms with Gasteiger partial charge in [0.2, 0.25) is 0 Å². The number of anilines is 1. The Labute approximate surface area is 126 Å². The molecule has 0 spiro atoms. The van der Waals surface area contributed by atoms with Crippen molar-refractivity contribution in [2.75, 3.05) is 37.2 Å². The summed E-state index contributed by atoms with van der Waals surface area (Å²) in [6, 6.07) is 6.34. The fourth-order valence-electron chi connectivity index (χ4n) is 2.23. The molecule has 1 saturated heterocycles. The number of phenols is 1. The lowest BCUT2D eigenvalue weighted by molar-refractivity contribution is 0.0729. The van der Waals surface area contributed by atoms with Gasteiger partial charge in [0.1, 0.15) is 5.75 Å². The molecule has 1 aliphatic rings. The summed E-state index contributed by atoms with van der Waals surface area (Å²) >= 11 is 0. The average Bonchev–Trinajstić information content (AvgIpc) is 2.45. The quantitative estimate of drug-likeness (QED) is 0.892. The van der Waals surface area contributed by atoms with E-state index in [9.17, 15) is 13.5 Å². The molecule has 6 nitrogen and oxygen atoms in total. The zero-order valence-electron chi connectivity index (χ0n) is 12.4. The zero-order valence-corrected chi connectivity index (χ0v) is 13.2. The van der Waals surface area contributed by atoms with Gasteiger partial charge >= 0.3 is 10.2 Å². The molecule has 21 heavy (non-hydrogen) atoms. The SMILES string of the molecule is CC(C)CN(c1cccc(O)c1)S(=O)(=O)N1CCOCC1. The molecule has 0 atom stereocenters. The van der Waals surface area contributed by atoms with Crippen molar-refractivity contribution in [3.8, 4) is 5.75 Å². The third kappa shape index (κ3) is 3.87. The van der Waals surface area contributed by atoms with Crippen molar-refractivity contribution in [2.45, 2.75) is 13.8 Å². The summed E-state index contributed by atoms with van der Waals surface area (Å²) in [6.07, 6.45) is 0. The van der Waals surface area contributed by atoms with Crippen LogP contribution in [0.5, 0.6) is 5.75 Å². The fourth-order valence-corrected chi connectivity index (χ4v) is 3.99. The number of rotatable bonds is 5. The van der Waals surface area contributed by atoms with Crippen LogP contribution < -0.4 is 4.31 Å². The number of ether oxygens (including phenoxy) is 1. The summed E-state index contributed by atoms with van der Waals surface area (Å²) < 4.78 is 33.7. The van der Waals surface area contributed by atoms with Gasteiger partial charge < -0.3 is 9.84 Å². The smallest absolute Gasteiger partial charge is 0.304 e. The Hall–Kier alpha value is -1.31. The minimum Gasteiger partial charge on any atom is -0.508 e. The maximum atomic E-state index is 12.8. The van der Waals surface area contributed by atoms with E-state index in [2.05, 4.69) is 0 Å². The molecule has 1 aliphatic heterocycles. The predicted molar refractivity (Wildman–Crippen MR) is 81.6 cm³/mol. The van der Waals surface area contributed by atoms with E-state index < -0.39 is 10.2 Å². The molecule has 0 aliphatic carbocycles. The van der Waals surface area contributed by atoms with Crippen LogP contribution in [0.4, 0.5) is 5.69 Å². The van der Waals surface area contributed by atoms with E-state index in [4.69, 9.17) is 4.74 Å². The Morgan fingerprint density at radius 2 is 2.00 bits per heavy atom. The third-order valence-corrected chi connectivity index (χ3v) is 5.16. The van der Waals surface area contributed by atoms with E-state index in [1.54, 1.807) is 12.1 Å². The van der Waals surface area contributed by atoms with Gasteiger partial charge in [-0.3, -0.25) is 4.31 Å². The molecule has 7 heteroatoms. The number of aromatic hydroxyl groups is 1. The molecule has 0 radical (unpaired) electrons. The third-order valence-electron chi connectivity index (χ3n) is 3.22. The van der Waals surface area contributed by atoms with Gasteiger partial charge in [-0.15, -0.1) is 0 Å². The largest absolute Gasteiger partial charge is 0.508 e. The van der Waals surface area contributed by atoms with Crippen molar-refractivity contribution in [2.24, 2.45) is 5.92 Å². The molecular weight excluding hydrogens is 292 g/mol. The normalized spacial score (nSPS) is 17.1.